The van der Waals surface area contributed by atoms with Crippen LogP contribution in [-0.4, -0.2) is 24.8 Å². The van der Waals surface area contributed by atoms with Gasteiger partial charge in [0.15, 0.2) is 5.57 Å². The molecule has 0 atom stereocenters. The minimum atomic E-state index is -1.20. The summed E-state index contributed by atoms with van der Waals surface area (Å²) in [6.07, 6.45) is 1.000. The van der Waals surface area contributed by atoms with Crippen LogP contribution in [0.1, 0.15) is 27.7 Å². The van der Waals surface area contributed by atoms with Gasteiger partial charge in [0.2, 0.25) is 0 Å². The first-order chi connectivity index (χ1) is 6.96. The summed E-state index contributed by atoms with van der Waals surface area (Å²) in [6, 6.07) is 0. The number of hydrogen-bond donors (Lipinski definition) is 0. The molecule has 0 aliphatic carbocycles. The third-order valence-electron chi connectivity index (χ3n) is 1.35. The first kappa shape index (κ1) is 13.5. The summed E-state index contributed by atoms with van der Waals surface area (Å²) in [5, 5.41) is 0. The second-order valence-corrected chi connectivity index (χ2v) is 2.95. The Morgan fingerprint density at radius 1 is 1.13 bits per heavy atom. The quantitative estimate of drug-likeness (QED) is 0.287. The Bertz CT molecular complexity index is 256. The predicted octanol–water partition coefficient (Wildman–Crippen LogP) is 1.38. The summed E-state index contributed by atoms with van der Waals surface area (Å²) in [5.41, 5.74) is -0.234. The fourth-order valence-corrected chi connectivity index (χ4v) is 0.875. The molecule has 1 heterocycles. The molecule has 1 fully saturated rings. The van der Waals surface area contributed by atoms with Crippen LogP contribution in [0.25, 0.3) is 0 Å². The Hall–Kier alpha value is -1.52. The van der Waals surface area contributed by atoms with Crippen molar-refractivity contribution < 1.29 is 23.8 Å². The van der Waals surface area contributed by atoms with Gasteiger partial charge in [-0.3, -0.25) is 0 Å². The van der Waals surface area contributed by atoms with Crippen LogP contribution in [0.4, 0.5) is 0 Å². The molecule has 1 saturated heterocycles. The highest BCUT2D eigenvalue weighted by Crippen LogP contribution is 2.22. The predicted molar refractivity (Wildman–Crippen MR) is 52.7 cm³/mol. The summed E-state index contributed by atoms with van der Waals surface area (Å²) in [7, 11) is 1.33. The molecule has 0 aromatic rings. The molecule has 0 radical (unpaired) electrons. The van der Waals surface area contributed by atoms with Gasteiger partial charge in [0, 0.05) is 13.8 Å². The number of carbonyl (C=O) groups excluding carboxylic acids is 2. The van der Waals surface area contributed by atoms with Gasteiger partial charge in [0.05, 0.1) is 7.11 Å². The molecule has 0 N–H and O–H groups in total. The van der Waals surface area contributed by atoms with Crippen molar-refractivity contribution in [2.45, 2.75) is 33.5 Å². The monoisotopic (exact) mass is 216 g/mol. The Morgan fingerprint density at radius 3 is 1.87 bits per heavy atom. The Balaban J connectivity index is 0.000000921. The highest BCUT2D eigenvalue weighted by atomic mass is 16.7. The number of ether oxygens (including phenoxy) is 3. The molecule has 0 aromatic heterocycles. The van der Waals surface area contributed by atoms with Crippen LogP contribution in [0.3, 0.4) is 0 Å². The number of carbonyl (C=O) groups is 2. The van der Waals surface area contributed by atoms with E-state index in [1.165, 1.54) is 21.0 Å². The second-order valence-electron chi connectivity index (χ2n) is 2.95. The standard InChI is InChI=1S/C8H10O5.C2H6/c1-8(2)12-6(9)5(4-11-3)7(10)13-8;1-2/h4H,1-3H3;1-2H3. The number of methoxy groups -OCH3 is 1. The molecule has 1 rings (SSSR count). The topological polar surface area (TPSA) is 61.8 Å². The van der Waals surface area contributed by atoms with E-state index in [4.69, 9.17) is 9.47 Å². The lowest BCUT2D eigenvalue weighted by Crippen LogP contribution is -2.41. The maximum absolute atomic E-state index is 11.1. The fourth-order valence-electron chi connectivity index (χ4n) is 0.875. The second kappa shape index (κ2) is 5.38. The molecule has 0 bridgehead atoms. The Morgan fingerprint density at radius 2 is 1.53 bits per heavy atom. The summed E-state index contributed by atoms with van der Waals surface area (Å²) in [4.78, 5) is 22.3. The van der Waals surface area contributed by atoms with Gasteiger partial charge >= 0.3 is 11.9 Å². The van der Waals surface area contributed by atoms with Gasteiger partial charge in [-0.2, -0.15) is 0 Å². The zero-order valence-corrected chi connectivity index (χ0v) is 9.62. The van der Waals surface area contributed by atoms with Crippen LogP contribution in [0.15, 0.2) is 11.8 Å². The third kappa shape index (κ3) is 3.61. The molecule has 1 aliphatic heterocycles. The highest BCUT2D eigenvalue weighted by molar-refractivity contribution is 6.15. The average Bonchev–Trinajstić information content (AvgIpc) is 2.13. The van der Waals surface area contributed by atoms with Crippen molar-refractivity contribution in [2.75, 3.05) is 7.11 Å². The number of cyclic esters (lactones) is 2. The van der Waals surface area contributed by atoms with Crippen LogP contribution in [0.5, 0.6) is 0 Å². The van der Waals surface area contributed by atoms with Gasteiger partial charge in [-0.15, -0.1) is 0 Å². The van der Waals surface area contributed by atoms with Crippen molar-refractivity contribution in [3.05, 3.63) is 11.8 Å². The van der Waals surface area contributed by atoms with Gasteiger partial charge in [-0.25, -0.2) is 9.59 Å². The highest BCUT2D eigenvalue weighted by Gasteiger charge is 2.39. The summed E-state index contributed by atoms with van der Waals surface area (Å²) in [5.74, 6) is -2.66. The van der Waals surface area contributed by atoms with Crippen molar-refractivity contribution in [1.82, 2.24) is 0 Å². The number of esters is 2. The number of rotatable bonds is 1. The molecular formula is C10H16O5. The van der Waals surface area contributed by atoms with Crippen molar-refractivity contribution in [3.63, 3.8) is 0 Å². The van der Waals surface area contributed by atoms with Crippen LogP contribution in [0.2, 0.25) is 0 Å². The van der Waals surface area contributed by atoms with Crippen LogP contribution < -0.4 is 0 Å². The minimum absolute atomic E-state index is 0.234. The van der Waals surface area contributed by atoms with Gasteiger partial charge in [-0.05, 0) is 0 Å². The zero-order valence-electron chi connectivity index (χ0n) is 9.62. The van der Waals surface area contributed by atoms with Crippen molar-refractivity contribution >= 4 is 11.9 Å². The first-order valence-corrected chi connectivity index (χ1v) is 4.66. The molecule has 5 heteroatoms. The lowest BCUT2D eigenvalue weighted by molar-refractivity contribution is -0.222. The SMILES string of the molecule is CC.COC=C1C(=O)OC(C)(C)OC1=O. The first-order valence-electron chi connectivity index (χ1n) is 4.66. The van der Waals surface area contributed by atoms with E-state index in [1.54, 1.807) is 0 Å². The van der Waals surface area contributed by atoms with Crippen LogP contribution >= 0.6 is 0 Å². The maximum Gasteiger partial charge on any atom is 0.352 e. The van der Waals surface area contributed by atoms with E-state index in [-0.39, 0.29) is 5.57 Å². The average molecular weight is 216 g/mol. The molecule has 0 spiro atoms. The van der Waals surface area contributed by atoms with Crippen LogP contribution in [-0.2, 0) is 23.8 Å². The van der Waals surface area contributed by atoms with Crippen molar-refractivity contribution in [1.29, 1.82) is 0 Å². The maximum atomic E-state index is 11.1. The van der Waals surface area contributed by atoms with E-state index in [9.17, 15) is 9.59 Å². The van der Waals surface area contributed by atoms with E-state index in [1.807, 2.05) is 13.8 Å². The molecule has 0 unspecified atom stereocenters. The van der Waals surface area contributed by atoms with Crippen molar-refractivity contribution in [2.24, 2.45) is 0 Å². The Kier molecular flexibility index (Phi) is 4.84. The Labute approximate surface area is 89.0 Å². The van der Waals surface area contributed by atoms with Gasteiger partial charge in [-0.1, -0.05) is 13.8 Å². The summed E-state index contributed by atoms with van der Waals surface area (Å²) in [6.45, 7) is 6.96. The normalized spacial score (nSPS) is 18.1. The smallest absolute Gasteiger partial charge is 0.352 e. The molecule has 86 valence electrons. The third-order valence-corrected chi connectivity index (χ3v) is 1.35. The van der Waals surface area contributed by atoms with Gasteiger partial charge in [0.1, 0.15) is 6.26 Å². The fraction of sp³-hybridized carbons (Fsp3) is 0.600. The van der Waals surface area contributed by atoms with Gasteiger partial charge < -0.3 is 14.2 Å². The van der Waals surface area contributed by atoms with E-state index < -0.39 is 17.7 Å². The molecular weight excluding hydrogens is 200 g/mol. The van der Waals surface area contributed by atoms with E-state index >= 15 is 0 Å². The molecule has 0 amide bonds. The molecule has 1 aliphatic rings. The molecule has 0 aromatic carbocycles. The largest absolute Gasteiger partial charge is 0.503 e. The zero-order chi connectivity index (χ0) is 12.1. The van der Waals surface area contributed by atoms with E-state index in [0.29, 0.717) is 0 Å². The van der Waals surface area contributed by atoms with E-state index in [2.05, 4.69) is 4.74 Å². The summed E-state index contributed by atoms with van der Waals surface area (Å²) >= 11 is 0. The molecule has 5 nitrogen and oxygen atoms in total. The lowest BCUT2D eigenvalue weighted by Gasteiger charge is -2.29. The van der Waals surface area contributed by atoms with E-state index in [0.717, 1.165) is 6.26 Å². The number of hydrogen-bond acceptors (Lipinski definition) is 5. The minimum Gasteiger partial charge on any atom is -0.503 e. The summed E-state index contributed by atoms with van der Waals surface area (Å²) < 4.78 is 14.1. The van der Waals surface area contributed by atoms with Crippen LogP contribution in [0, 0.1) is 0 Å². The molecule has 0 saturated carbocycles. The lowest BCUT2D eigenvalue weighted by atomic mass is 10.2. The molecule has 15 heavy (non-hydrogen) atoms. The van der Waals surface area contributed by atoms with Crippen molar-refractivity contribution in [3.8, 4) is 0 Å². The van der Waals surface area contributed by atoms with Gasteiger partial charge in [0.25, 0.3) is 5.79 Å².